The lowest BCUT2D eigenvalue weighted by molar-refractivity contribution is 1.17. The molecule has 0 amide bonds. The van der Waals surface area contributed by atoms with E-state index < -0.39 is 0 Å². The molecule has 6 heteroatoms. The van der Waals surface area contributed by atoms with Crippen molar-refractivity contribution in [2.75, 3.05) is 0 Å². The van der Waals surface area contributed by atoms with Crippen LogP contribution in [0.4, 0.5) is 0 Å². The number of fused-ring (bicyclic) bond motifs is 16. The highest BCUT2D eigenvalue weighted by Gasteiger charge is 2.24. The summed E-state index contributed by atoms with van der Waals surface area (Å²) in [7, 11) is 0. The summed E-state index contributed by atoms with van der Waals surface area (Å²) in [5.74, 6) is 0. The molecule has 0 saturated heterocycles. The maximum absolute atomic E-state index is 5.09. The molecule has 0 aliphatic heterocycles. The average molecular weight is 601 g/mol. The first-order valence-electron chi connectivity index (χ1n) is 15.8. The molecule has 0 spiro atoms. The predicted octanol–water partition coefficient (Wildman–Crippen LogP) is 9.78. The van der Waals surface area contributed by atoms with Crippen LogP contribution in [0.2, 0.25) is 0 Å². The van der Waals surface area contributed by atoms with E-state index in [0.29, 0.717) is 0 Å². The van der Waals surface area contributed by atoms with Gasteiger partial charge in [-0.15, -0.1) is 0 Å². The number of pyridine rings is 3. The molecule has 0 saturated carbocycles. The summed E-state index contributed by atoms with van der Waals surface area (Å²) in [6.07, 6.45) is 5.68. The minimum Gasteiger partial charge on any atom is -0.309 e. The van der Waals surface area contributed by atoms with E-state index in [1.54, 1.807) is 0 Å². The van der Waals surface area contributed by atoms with Crippen LogP contribution in [0.25, 0.3) is 93.5 Å². The Morgan fingerprint density at radius 1 is 0.426 bits per heavy atom. The van der Waals surface area contributed by atoms with Crippen LogP contribution in [0.5, 0.6) is 0 Å². The summed E-state index contributed by atoms with van der Waals surface area (Å²) >= 11 is 0. The van der Waals surface area contributed by atoms with E-state index in [1.165, 1.54) is 38.1 Å². The second-order valence-electron chi connectivity index (χ2n) is 12.1. The maximum atomic E-state index is 5.09. The smallest absolute Gasteiger partial charge is 0.178 e. The van der Waals surface area contributed by atoms with Crippen LogP contribution >= 0.6 is 0 Å². The van der Waals surface area contributed by atoms with Crippen molar-refractivity contribution in [3.8, 4) is 11.4 Å². The Kier molecular flexibility index (Phi) is 4.75. The topological polar surface area (TPSA) is 52.9 Å². The van der Waals surface area contributed by atoms with Gasteiger partial charge in [-0.2, -0.15) is 0 Å². The molecule has 0 atom stereocenters. The predicted molar refractivity (Wildman–Crippen MR) is 192 cm³/mol. The Balaban J connectivity index is 1.43. The lowest BCUT2D eigenvalue weighted by Gasteiger charge is -2.11. The fourth-order valence-electron chi connectivity index (χ4n) is 7.93. The average Bonchev–Trinajstić information content (AvgIpc) is 3.80. The Hall–Kier alpha value is -6.53. The highest BCUT2D eigenvalue weighted by Crippen LogP contribution is 2.45. The van der Waals surface area contributed by atoms with Gasteiger partial charge in [-0.05, 0) is 66.7 Å². The molecule has 0 N–H and O–H groups in total. The van der Waals surface area contributed by atoms with Gasteiger partial charge in [0.1, 0.15) is 5.65 Å². The molecular weight excluding hydrogens is 576 g/mol. The first-order valence-corrected chi connectivity index (χ1v) is 15.8. The van der Waals surface area contributed by atoms with E-state index in [9.17, 15) is 0 Å². The summed E-state index contributed by atoms with van der Waals surface area (Å²) < 4.78 is 7.07. The molecule has 0 aliphatic carbocycles. The fraction of sp³-hybridized carbons (Fsp3) is 0. The van der Waals surface area contributed by atoms with Gasteiger partial charge >= 0.3 is 0 Å². The van der Waals surface area contributed by atoms with Crippen LogP contribution in [-0.4, -0.2) is 28.5 Å². The van der Waals surface area contributed by atoms with E-state index in [1.807, 2.05) is 24.7 Å². The van der Waals surface area contributed by atoms with Gasteiger partial charge in [-0.3, -0.25) is 9.38 Å². The molecule has 5 aromatic carbocycles. The number of benzene rings is 5. The molecule has 0 aliphatic rings. The summed E-state index contributed by atoms with van der Waals surface area (Å²) in [4.78, 5) is 14.4. The molecule has 218 valence electrons. The monoisotopic (exact) mass is 600 g/mol. The normalized spacial score (nSPS) is 12.3. The third-order valence-electron chi connectivity index (χ3n) is 9.74. The zero-order valence-electron chi connectivity index (χ0n) is 25.0. The van der Waals surface area contributed by atoms with Crippen LogP contribution in [0.1, 0.15) is 0 Å². The summed E-state index contributed by atoms with van der Waals surface area (Å²) in [5.41, 5.74) is 10.6. The van der Waals surface area contributed by atoms with Gasteiger partial charge in [0, 0.05) is 67.7 Å². The molecule has 6 nitrogen and oxygen atoms in total. The van der Waals surface area contributed by atoms with Crippen LogP contribution in [0.3, 0.4) is 0 Å². The molecule has 0 fully saturated rings. The lowest BCUT2D eigenvalue weighted by Crippen LogP contribution is -1.95. The van der Waals surface area contributed by atoms with Gasteiger partial charge in [0.25, 0.3) is 0 Å². The van der Waals surface area contributed by atoms with Crippen molar-refractivity contribution >= 4 is 82.1 Å². The van der Waals surface area contributed by atoms with Gasteiger partial charge in [0.05, 0.1) is 33.1 Å². The third kappa shape index (κ3) is 3.16. The van der Waals surface area contributed by atoms with Gasteiger partial charge in [-0.25, -0.2) is 9.97 Å². The molecule has 6 aromatic heterocycles. The van der Waals surface area contributed by atoms with Crippen molar-refractivity contribution in [2.45, 2.75) is 0 Å². The molecular formula is C41H24N6. The zero-order chi connectivity index (χ0) is 30.6. The quantitative estimate of drug-likeness (QED) is 0.186. The van der Waals surface area contributed by atoms with Crippen molar-refractivity contribution in [3.63, 3.8) is 0 Å². The zero-order valence-corrected chi connectivity index (χ0v) is 25.0. The Bertz CT molecular complexity index is 3060. The van der Waals surface area contributed by atoms with Gasteiger partial charge in [0.15, 0.2) is 5.65 Å². The van der Waals surface area contributed by atoms with Crippen molar-refractivity contribution in [1.29, 1.82) is 0 Å². The van der Waals surface area contributed by atoms with Crippen molar-refractivity contribution in [3.05, 3.63) is 146 Å². The Labute approximate surface area is 267 Å². The first-order chi connectivity index (χ1) is 23.4. The molecule has 47 heavy (non-hydrogen) atoms. The Morgan fingerprint density at radius 3 is 1.96 bits per heavy atom. The number of aromatic nitrogens is 6. The van der Waals surface area contributed by atoms with E-state index in [0.717, 1.165) is 55.4 Å². The highest BCUT2D eigenvalue weighted by atomic mass is 15.1. The minimum atomic E-state index is 0.736. The van der Waals surface area contributed by atoms with Crippen molar-refractivity contribution in [1.82, 2.24) is 28.5 Å². The summed E-state index contributed by atoms with van der Waals surface area (Å²) in [5, 5.41) is 8.16. The second-order valence-corrected chi connectivity index (χ2v) is 12.1. The van der Waals surface area contributed by atoms with Gasteiger partial charge < -0.3 is 9.13 Å². The van der Waals surface area contributed by atoms with Crippen molar-refractivity contribution in [2.24, 2.45) is 0 Å². The standard InChI is InChI=1S/C41H24N6/c1-3-10-25(11-4-1)45-31-15-8-7-14-27(31)38-34(45)19-17-28-37-33(46(39(28)38)26-12-5-2-6-13-26)20-18-29-36(37)30-24-42-23-21-32(30)47-35-16-9-22-43-40(35)44-41(29)47/h1-24H. The number of hydrogen-bond donors (Lipinski definition) is 0. The third-order valence-corrected chi connectivity index (χ3v) is 9.74. The molecule has 6 heterocycles. The van der Waals surface area contributed by atoms with E-state index in [2.05, 4.69) is 145 Å². The molecule has 11 rings (SSSR count). The van der Waals surface area contributed by atoms with E-state index in [4.69, 9.17) is 4.98 Å². The van der Waals surface area contributed by atoms with E-state index >= 15 is 0 Å². The van der Waals surface area contributed by atoms with Crippen LogP contribution in [0, 0.1) is 0 Å². The largest absolute Gasteiger partial charge is 0.309 e. The molecule has 0 radical (unpaired) electrons. The van der Waals surface area contributed by atoms with Crippen LogP contribution < -0.4 is 0 Å². The SMILES string of the molecule is c1ccc(-n2c3ccccc3c3c2ccc2c4c5c6cnccc6n6c7cccnc7nc6c5ccc4n(-c4ccccc4)c23)cc1. The summed E-state index contributed by atoms with van der Waals surface area (Å²) in [6.45, 7) is 0. The van der Waals surface area contributed by atoms with Gasteiger partial charge in [-0.1, -0.05) is 60.7 Å². The van der Waals surface area contributed by atoms with Crippen LogP contribution in [0.15, 0.2) is 146 Å². The molecule has 0 bridgehead atoms. The van der Waals surface area contributed by atoms with E-state index in [-0.39, 0.29) is 0 Å². The number of nitrogens with zero attached hydrogens (tertiary/aromatic N) is 6. The fourth-order valence-corrected chi connectivity index (χ4v) is 7.93. The lowest BCUT2D eigenvalue weighted by atomic mass is 10.00. The summed E-state index contributed by atoms with van der Waals surface area (Å²) in [6, 6.07) is 45.4. The van der Waals surface area contributed by atoms with Gasteiger partial charge in [0.2, 0.25) is 0 Å². The number of rotatable bonds is 2. The molecule has 11 aromatic rings. The molecule has 0 unspecified atom stereocenters. The van der Waals surface area contributed by atoms with Crippen LogP contribution in [-0.2, 0) is 0 Å². The van der Waals surface area contributed by atoms with Crippen molar-refractivity contribution < 1.29 is 0 Å². The second kappa shape index (κ2) is 9.02. The number of imidazole rings is 1. The number of para-hydroxylation sites is 3. The minimum absolute atomic E-state index is 0.736. The first kappa shape index (κ1) is 24.8. The highest BCUT2D eigenvalue weighted by molar-refractivity contribution is 6.34. The maximum Gasteiger partial charge on any atom is 0.178 e. The number of hydrogen-bond acceptors (Lipinski definition) is 3. The Morgan fingerprint density at radius 2 is 1.13 bits per heavy atom.